The summed E-state index contributed by atoms with van der Waals surface area (Å²) in [5.74, 6) is 0. The number of nitro groups is 1. The highest BCUT2D eigenvalue weighted by Gasteiger charge is 2.27. The Hall–Kier alpha value is -0.940. The zero-order chi connectivity index (χ0) is 14.0. The molecule has 6 heteroatoms. The van der Waals surface area contributed by atoms with Crippen molar-refractivity contribution in [2.24, 2.45) is 0 Å². The Morgan fingerprint density at radius 3 is 2.84 bits per heavy atom. The van der Waals surface area contributed by atoms with Crippen LogP contribution < -0.4 is 5.32 Å². The molecule has 0 aromatic heterocycles. The highest BCUT2D eigenvalue weighted by molar-refractivity contribution is 7.99. The van der Waals surface area contributed by atoms with Crippen molar-refractivity contribution in [3.8, 4) is 0 Å². The fraction of sp³-hybridized carbons (Fsp3) is 0.538. The standard InChI is InChI=1S/C13H17ClN2O2S/c1-8-6-12(16(17)18)9(14)7-11(8)15-10-4-3-5-13(10)19-2/h6-7,10,13,15H,3-5H2,1-2H3. The first-order valence-corrected chi connectivity index (χ1v) is 7.93. The van der Waals surface area contributed by atoms with Gasteiger partial charge in [0.15, 0.2) is 0 Å². The summed E-state index contributed by atoms with van der Waals surface area (Å²) < 4.78 is 0. The summed E-state index contributed by atoms with van der Waals surface area (Å²) in [6.07, 6.45) is 5.71. The van der Waals surface area contributed by atoms with Crippen molar-refractivity contribution in [3.05, 3.63) is 32.8 Å². The average molecular weight is 301 g/mol. The van der Waals surface area contributed by atoms with Gasteiger partial charge in [0.25, 0.3) is 5.69 Å². The summed E-state index contributed by atoms with van der Waals surface area (Å²) in [6.45, 7) is 1.87. The lowest BCUT2D eigenvalue weighted by Crippen LogP contribution is -2.26. The van der Waals surface area contributed by atoms with E-state index in [2.05, 4.69) is 11.6 Å². The molecule has 1 fully saturated rings. The number of anilines is 1. The second-order valence-corrected chi connectivity index (χ2v) is 6.32. The van der Waals surface area contributed by atoms with Gasteiger partial charge >= 0.3 is 0 Å². The zero-order valence-corrected chi connectivity index (χ0v) is 12.6. The molecule has 19 heavy (non-hydrogen) atoms. The Morgan fingerprint density at radius 1 is 1.47 bits per heavy atom. The van der Waals surface area contributed by atoms with E-state index in [0.717, 1.165) is 17.7 Å². The lowest BCUT2D eigenvalue weighted by molar-refractivity contribution is -0.384. The maximum Gasteiger partial charge on any atom is 0.288 e. The van der Waals surface area contributed by atoms with Crippen LogP contribution >= 0.6 is 23.4 Å². The number of halogens is 1. The van der Waals surface area contributed by atoms with Gasteiger partial charge in [-0.1, -0.05) is 18.0 Å². The molecule has 0 heterocycles. The Kier molecular flexibility index (Phi) is 4.58. The van der Waals surface area contributed by atoms with E-state index in [4.69, 9.17) is 11.6 Å². The minimum atomic E-state index is -0.445. The monoisotopic (exact) mass is 300 g/mol. The molecule has 2 atom stereocenters. The summed E-state index contributed by atoms with van der Waals surface area (Å²) in [4.78, 5) is 10.4. The fourth-order valence-corrected chi connectivity index (χ4v) is 3.70. The predicted octanol–water partition coefficient (Wildman–Crippen LogP) is 4.25. The van der Waals surface area contributed by atoms with E-state index in [-0.39, 0.29) is 10.7 Å². The van der Waals surface area contributed by atoms with E-state index in [0.29, 0.717) is 11.3 Å². The van der Waals surface area contributed by atoms with Crippen LogP contribution in [0.1, 0.15) is 24.8 Å². The molecule has 1 aromatic carbocycles. The average Bonchev–Trinajstić information content (AvgIpc) is 2.80. The number of hydrogen-bond acceptors (Lipinski definition) is 4. The molecule has 1 aromatic rings. The van der Waals surface area contributed by atoms with Gasteiger partial charge < -0.3 is 5.32 Å². The summed E-state index contributed by atoms with van der Waals surface area (Å²) >= 11 is 7.84. The number of nitro benzene ring substituents is 1. The summed E-state index contributed by atoms with van der Waals surface area (Å²) in [5, 5.41) is 15.1. The van der Waals surface area contributed by atoms with Crippen LogP contribution in [0.5, 0.6) is 0 Å². The van der Waals surface area contributed by atoms with E-state index < -0.39 is 4.92 Å². The van der Waals surface area contributed by atoms with Gasteiger partial charge in [-0.05, 0) is 37.7 Å². The van der Waals surface area contributed by atoms with E-state index in [1.165, 1.54) is 18.9 Å². The van der Waals surface area contributed by atoms with Crippen molar-refractivity contribution >= 4 is 34.7 Å². The highest BCUT2D eigenvalue weighted by Crippen LogP contribution is 2.35. The second-order valence-electron chi connectivity index (χ2n) is 4.83. The number of nitrogens with one attached hydrogen (secondary N) is 1. The Labute approximate surface area is 122 Å². The normalized spacial score (nSPS) is 22.5. The van der Waals surface area contributed by atoms with Gasteiger partial charge in [0, 0.05) is 23.0 Å². The third-order valence-electron chi connectivity index (χ3n) is 3.59. The van der Waals surface area contributed by atoms with Gasteiger partial charge in [-0.2, -0.15) is 11.8 Å². The zero-order valence-electron chi connectivity index (χ0n) is 11.0. The van der Waals surface area contributed by atoms with E-state index in [1.807, 2.05) is 18.7 Å². The molecule has 0 saturated heterocycles. The van der Waals surface area contributed by atoms with Gasteiger partial charge in [-0.3, -0.25) is 10.1 Å². The van der Waals surface area contributed by atoms with Crippen LogP contribution in [0.4, 0.5) is 11.4 Å². The van der Waals surface area contributed by atoms with Crippen LogP contribution in [0, 0.1) is 17.0 Å². The van der Waals surface area contributed by atoms with Gasteiger partial charge in [-0.15, -0.1) is 0 Å². The minimum absolute atomic E-state index is 0.0300. The molecule has 0 radical (unpaired) electrons. The van der Waals surface area contributed by atoms with Crippen molar-refractivity contribution in [1.29, 1.82) is 0 Å². The number of hydrogen-bond donors (Lipinski definition) is 1. The molecule has 1 aliphatic carbocycles. The van der Waals surface area contributed by atoms with Gasteiger partial charge in [0.2, 0.25) is 0 Å². The molecule has 0 aliphatic heterocycles. The largest absolute Gasteiger partial charge is 0.381 e. The number of rotatable bonds is 4. The van der Waals surface area contributed by atoms with E-state index >= 15 is 0 Å². The minimum Gasteiger partial charge on any atom is -0.381 e. The quantitative estimate of drug-likeness (QED) is 0.667. The molecular formula is C13H17ClN2O2S. The molecular weight excluding hydrogens is 284 g/mol. The van der Waals surface area contributed by atoms with Crippen LogP contribution in [0.25, 0.3) is 0 Å². The maximum absolute atomic E-state index is 10.8. The summed E-state index contributed by atoms with van der Waals surface area (Å²) in [5.41, 5.74) is 1.74. The predicted molar refractivity (Wildman–Crippen MR) is 81.4 cm³/mol. The molecule has 1 saturated carbocycles. The summed E-state index contributed by atoms with van der Waals surface area (Å²) in [7, 11) is 0. The van der Waals surface area contributed by atoms with E-state index in [1.54, 1.807) is 6.07 Å². The number of thioether (sulfide) groups is 1. The van der Waals surface area contributed by atoms with E-state index in [9.17, 15) is 10.1 Å². The van der Waals surface area contributed by atoms with Crippen LogP contribution in [0.3, 0.4) is 0 Å². The lowest BCUT2D eigenvalue weighted by atomic mass is 10.1. The first-order chi connectivity index (χ1) is 9.02. The van der Waals surface area contributed by atoms with Gasteiger partial charge in [-0.25, -0.2) is 0 Å². The molecule has 0 amide bonds. The molecule has 4 nitrogen and oxygen atoms in total. The van der Waals surface area contributed by atoms with Crippen LogP contribution in [0.15, 0.2) is 12.1 Å². The van der Waals surface area contributed by atoms with Gasteiger partial charge in [0.05, 0.1) is 4.92 Å². The molecule has 1 aliphatic rings. The van der Waals surface area contributed by atoms with Crippen molar-refractivity contribution in [1.82, 2.24) is 0 Å². The second kappa shape index (κ2) is 6.01. The third-order valence-corrected chi connectivity index (χ3v) is 5.06. The molecule has 1 N–H and O–H groups in total. The molecule has 0 spiro atoms. The SMILES string of the molecule is CSC1CCCC1Nc1cc(Cl)c([N+](=O)[O-])cc1C. The van der Waals surface area contributed by atoms with Crippen LogP contribution in [-0.4, -0.2) is 22.5 Å². The van der Waals surface area contributed by atoms with Gasteiger partial charge in [0.1, 0.15) is 5.02 Å². The number of benzene rings is 1. The van der Waals surface area contributed by atoms with Crippen molar-refractivity contribution in [3.63, 3.8) is 0 Å². The first kappa shape index (κ1) is 14.5. The lowest BCUT2D eigenvalue weighted by Gasteiger charge is -2.21. The van der Waals surface area contributed by atoms with Crippen LogP contribution in [-0.2, 0) is 0 Å². The van der Waals surface area contributed by atoms with Crippen molar-refractivity contribution in [2.75, 3.05) is 11.6 Å². The number of aryl methyl sites for hydroxylation is 1. The highest BCUT2D eigenvalue weighted by atomic mass is 35.5. The third kappa shape index (κ3) is 3.15. The molecule has 2 unspecified atom stereocenters. The summed E-state index contributed by atoms with van der Waals surface area (Å²) in [6, 6.07) is 3.63. The first-order valence-electron chi connectivity index (χ1n) is 6.26. The van der Waals surface area contributed by atoms with Crippen LogP contribution in [0.2, 0.25) is 5.02 Å². The molecule has 0 bridgehead atoms. The van der Waals surface area contributed by atoms with Crippen molar-refractivity contribution < 1.29 is 4.92 Å². The molecule has 104 valence electrons. The number of nitrogens with zero attached hydrogens (tertiary/aromatic N) is 1. The Balaban J connectivity index is 2.21. The van der Waals surface area contributed by atoms with Crippen molar-refractivity contribution in [2.45, 2.75) is 37.5 Å². The topological polar surface area (TPSA) is 55.2 Å². The Morgan fingerprint density at radius 2 is 2.21 bits per heavy atom. The Bertz CT molecular complexity index is 496. The fourth-order valence-electron chi connectivity index (χ4n) is 2.53. The molecule has 2 rings (SSSR count). The maximum atomic E-state index is 10.8. The smallest absolute Gasteiger partial charge is 0.288 e.